The second kappa shape index (κ2) is 7.61. The van der Waals surface area contributed by atoms with Crippen LogP contribution in [0.2, 0.25) is 0 Å². The van der Waals surface area contributed by atoms with Gasteiger partial charge in [0.1, 0.15) is 4.90 Å². The molecule has 0 saturated carbocycles. The Morgan fingerprint density at radius 2 is 1.80 bits per heavy atom. The van der Waals surface area contributed by atoms with Crippen LogP contribution in [0, 0.1) is 0 Å². The van der Waals surface area contributed by atoms with Gasteiger partial charge < -0.3 is 10.1 Å². The molecular formula is C14H24N2O3S. The van der Waals surface area contributed by atoms with Crippen LogP contribution in [0.5, 0.6) is 0 Å². The largest absolute Gasteiger partial charge is 0.382 e. The maximum Gasteiger partial charge on any atom is 0.242 e. The number of para-hydroxylation sites is 1. The van der Waals surface area contributed by atoms with Crippen molar-refractivity contribution in [2.45, 2.75) is 44.7 Å². The minimum Gasteiger partial charge on any atom is -0.382 e. The molecule has 0 saturated heterocycles. The lowest BCUT2D eigenvalue weighted by Crippen LogP contribution is -2.31. The minimum absolute atomic E-state index is 0.141. The summed E-state index contributed by atoms with van der Waals surface area (Å²) in [5, 5.41) is 3.10. The number of anilines is 1. The van der Waals surface area contributed by atoms with Gasteiger partial charge in [0.15, 0.2) is 0 Å². The molecular weight excluding hydrogens is 276 g/mol. The van der Waals surface area contributed by atoms with Gasteiger partial charge in [-0.3, -0.25) is 0 Å². The zero-order valence-electron chi connectivity index (χ0n) is 12.5. The summed E-state index contributed by atoms with van der Waals surface area (Å²) in [6.07, 6.45) is 0.165. The SMILES string of the molecule is CC(C)NS(=O)(=O)c1ccccc1NCCOC(C)C. The van der Waals surface area contributed by atoms with Crippen LogP contribution in [0.25, 0.3) is 0 Å². The highest BCUT2D eigenvalue weighted by molar-refractivity contribution is 7.89. The fourth-order valence-corrected chi connectivity index (χ4v) is 3.14. The van der Waals surface area contributed by atoms with Crippen molar-refractivity contribution in [2.75, 3.05) is 18.5 Å². The van der Waals surface area contributed by atoms with E-state index in [0.29, 0.717) is 18.8 Å². The first kappa shape index (κ1) is 16.9. The van der Waals surface area contributed by atoms with E-state index < -0.39 is 10.0 Å². The normalized spacial score (nSPS) is 12.1. The maximum absolute atomic E-state index is 12.2. The van der Waals surface area contributed by atoms with E-state index in [1.54, 1.807) is 38.1 Å². The Hall–Kier alpha value is -1.11. The standard InChI is InChI=1S/C14H24N2O3S/c1-11(2)16-20(17,18)14-8-6-5-7-13(14)15-9-10-19-12(3)4/h5-8,11-12,15-16H,9-10H2,1-4H3. The lowest BCUT2D eigenvalue weighted by molar-refractivity contribution is 0.0870. The Kier molecular flexibility index (Phi) is 6.45. The van der Waals surface area contributed by atoms with E-state index in [4.69, 9.17) is 4.74 Å². The third-order valence-electron chi connectivity index (χ3n) is 2.44. The maximum atomic E-state index is 12.2. The average molecular weight is 300 g/mol. The molecule has 0 atom stereocenters. The van der Waals surface area contributed by atoms with Crippen LogP contribution in [0.15, 0.2) is 29.2 Å². The van der Waals surface area contributed by atoms with E-state index >= 15 is 0 Å². The molecule has 5 nitrogen and oxygen atoms in total. The Labute approximate surface area is 121 Å². The number of hydrogen-bond acceptors (Lipinski definition) is 4. The van der Waals surface area contributed by atoms with Crippen molar-refractivity contribution in [1.82, 2.24) is 4.72 Å². The molecule has 1 aromatic rings. The molecule has 0 bridgehead atoms. The van der Waals surface area contributed by atoms with Crippen molar-refractivity contribution in [3.8, 4) is 0 Å². The summed E-state index contributed by atoms with van der Waals surface area (Å²) >= 11 is 0. The predicted molar refractivity (Wildman–Crippen MR) is 81.5 cm³/mol. The first-order valence-corrected chi connectivity index (χ1v) is 8.28. The lowest BCUT2D eigenvalue weighted by atomic mass is 10.3. The Morgan fingerprint density at radius 1 is 1.15 bits per heavy atom. The van der Waals surface area contributed by atoms with Gasteiger partial charge in [0.05, 0.1) is 18.4 Å². The van der Waals surface area contributed by atoms with Gasteiger partial charge in [-0.25, -0.2) is 13.1 Å². The monoisotopic (exact) mass is 300 g/mol. The third-order valence-corrected chi connectivity index (χ3v) is 4.15. The smallest absolute Gasteiger partial charge is 0.242 e. The Bertz CT molecular complexity index is 513. The molecule has 0 aliphatic carbocycles. The van der Waals surface area contributed by atoms with Gasteiger partial charge in [0.25, 0.3) is 0 Å². The highest BCUT2D eigenvalue weighted by Crippen LogP contribution is 2.20. The van der Waals surface area contributed by atoms with Gasteiger partial charge in [-0.15, -0.1) is 0 Å². The van der Waals surface area contributed by atoms with Gasteiger partial charge in [-0.1, -0.05) is 12.1 Å². The zero-order chi connectivity index (χ0) is 15.2. The molecule has 0 aliphatic rings. The molecule has 6 heteroatoms. The van der Waals surface area contributed by atoms with Crippen molar-refractivity contribution in [1.29, 1.82) is 0 Å². The van der Waals surface area contributed by atoms with Crippen LogP contribution >= 0.6 is 0 Å². The summed E-state index contributed by atoms with van der Waals surface area (Å²) in [5.74, 6) is 0. The van der Waals surface area contributed by atoms with E-state index in [9.17, 15) is 8.42 Å². The molecule has 0 unspecified atom stereocenters. The molecule has 1 aromatic carbocycles. The summed E-state index contributed by atoms with van der Waals surface area (Å²) < 4.78 is 32.5. The van der Waals surface area contributed by atoms with Gasteiger partial charge in [0, 0.05) is 12.6 Å². The highest BCUT2D eigenvalue weighted by atomic mass is 32.2. The van der Waals surface area contributed by atoms with Crippen LogP contribution in [0.1, 0.15) is 27.7 Å². The number of sulfonamides is 1. The lowest BCUT2D eigenvalue weighted by Gasteiger charge is -2.15. The molecule has 0 heterocycles. The molecule has 0 radical (unpaired) electrons. The van der Waals surface area contributed by atoms with E-state index in [1.807, 2.05) is 13.8 Å². The first-order valence-electron chi connectivity index (χ1n) is 6.79. The average Bonchev–Trinajstić information content (AvgIpc) is 2.33. The number of hydrogen-bond donors (Lipinski definition) is 2. The molecule has 0 aromatic heterocycles. The predicted octanol–water partition coefficient (Wildman–Crippen LogP) is 2.21. The van der Waals surface area contributed by atoms with Crippen molar-refractivity contribution in [3.05, 3.63) is 24.3 Å². The Balaban J connectivity index is 2.78. The van der Waals surface area contributed by atoms with Crippen molar-refractivity contribution in [3.63, 3.8) is 0 Å². The fraction of sp³-hybridized carbons (Fsp3) is 0.571. The molecule has 2 N–H and O–H groups in total. The zero-order valence-corrected chi connectivity index (χ0v) is 13.3. The van der Waals surface area contributed by atoms with E-state index in [2.05, 4.69) is 10.0 Å². The Morgan fingerprint density at radius 3 is 2.40 bits per heavy atom. The molecule has 20 heavy (non-hydrogen) atoms. The molecule has 0 spiro atoms. The summed E-state index contributed by atoms with van der Waals surface area (Å²) in [6.45, 7) is 8.61. The third kappa shape index (κ3) is 5.48. The van der Waals surface area contributed by atoms with E-state index in [0.717, 1.165) is 0 Å². The number of rotatable bonds is 8. The molecule has 0 aliphatic heterocycles. The first-order chi connectivity index (χ1) is 9.33. The fourth-order valence-electron chi connectivity index (χ4n) is 1.70. The number of ether oxygens (including phenoxy) is 1. The van der Waals surface area contributed by atoms with Crippen LogP contribution in [-0.4, -0.2) is 33.7 Å². The quantitative estimate of drug-likeness (QED) is 0.722. The second-order valence-electron chi connectivity index (χ2n) is 5.12. The molecule has 114 valence electrons. The summed E-state index contributed by atoms with van der Waals surface area (Å²) in [6, 6.07) is 6.73. The van der Waals surface area contributed by atoms with Crippen LogP contribution in [-0.2, 0) is 14.8 Å². The highest BCUT2D eigenvalue weighted by Gasteiger charge is 2.18. The van der Waals surface area contributed by atoms with Gasteiger partial charge in [-0.2, -0.15) is 0 Å². The number of benzene rings is 1. The van der Waals surface area contributed by atoms with Gasteiger partial charge >= 0.3 is 0 Å². The van der Waals surface area contributed by atoms with Crippen molar-refractivity contribution >= 4 is 15.7 Å². The van der Waals surface area contributed by atoms with Crippen LogP contribution in [0.4, 0.5) is 5.69 Å². The summed E-state index contributed by atoms with van der Waals surface area (Å²) in [5.41, 5.74) is 0.591. The second-order valence-corrected chi connectivity index (χ2v) is 6.80. The van der Waals surface area contributed by atoms with Crippen molar-refractivity contribution in [2.24, 2.45) is 0 Å². The van der Waals surface area contributed by atoms with E-state index in [-0.39, 0.29) is 17.0 Å². The van der Waals surface area contributed by atoms with Crippen LogP contribution < -0.4 is 10.0 Å². The molecule has 0 fully saturated rings. The van der Waals surface area contributed by atoms with Crippen LogP contribution in [0.3, 0.4) is 0 Å². The number of nitrogens with one attached hydrogen (secondary N) is 2. The summed E-state index contributed by atoms with van der Waals surface area (Å²) in [4.78, 5) is 0.262. The van der Waals surface area contributed by atoms with Crippen molar-refractivity contribution < 1.29 is 13.2 Å². The minimum atomic E-state index is -3.50. The topological polar surface area (TPSA) is 67.4 Å². The van der Waals surface area contributed by atoms with E-state index in [1.165, 1.54) is 0 Å². The summed E-state index contributed by atoms with van der Waals surface area (Å²) in [7, 11) is -3.50. The molecule has 1 rings (SSSR count). The molecule has 0 amide bonds. The van der Waals surface area contributed by atoms with Gasteiger partial charge in [-0.05, 0) is 39.8 Å². The van der Waals surface area contributed by atoms with Gasteiger partial charge in [0.2, 0.25) is 10.0 Å².